The van der Waals surface area contributed by atoms with Gasteiger partial charge in [-0.05, 0) is 51.4 Å². The average molecular weight is 340 g/mol. The molecule has 0 amide bonds. The average Bonchev–Trinajstić information content (AvgIpc) is 2.56. The van der Waals surface area contributed by atoms with Crippen molar-refractivity contribution in [3.63, 3.8) is 0 Å². The number of hydrogen-bond donors (Lipinski definition) is 0. The van der Waals surface area contributed by atoms with E-state index in [1.54, 1.807) is 13.8 Å². The molecule has 1 saturated carbocycles. The first kappa shape index (κ1) is 20.4. The molecule has 0 aliphatic heterocycles. The molecule has 0 aromatic heterocycles. The summed E-state index contributed by atoms with van der Waals surface area (Å²) in [7, 11) is 0. The van der Waals surface area contributed by atoms with Gasteiger partial charge in [0.25, 0.3) is 0 Å². The van der Waals surface area contributed by atoms with Crippen molar-refractivity contribution in [2.75, 3.05) is 26.8 Å². The predicted molar refractivity (Wildman–Crippen MR) is 88.9 cm³/mol. The zero-order valence-electron chi connectivity index (χ0n) is 14.7. The van der Waals surface area contributed by atoms with E-state index in [4.69, 9.17) is 18.9 Å². The largest absolute Gasteiger partial charge is 0.435 e. The Balaban J connectivity index is 2.03. The van der Waals surface area contributed by atoms with Crippen molar-refractivity contribution in [1.29, 1.82) is 0 Å². The smallest absolute Gasteiger partial charge is 0.335 e. The highest BCUT2D eigenvalue weighted by atomic mass is 16.7. The number of rotatable bonds is 10. The second kappa shape index (κ2) is 11.0. The normalized spacial score (nSPS) is 20.2. The van der Waals surface area contributed by atoms with Crippen LogP contribution < -0.4 is 0 Å². The van der Waals surface area contributed by atoms with E-state index in [0.29, 0.717) is 36.2 Å². The van der Waals surface area contributed by atoms with Gasteiger partial charge in [0, 0.05) is 11.1 Å². The number of carbonyl (C=O) groups excluding carboxylic acids is 2. The third-order valence-corrected chi connectivity index (χ3v) is 3.92. The maximum atomic E-state index is 11.2. The molecule has 0 spiro atoms. The maximum Gasteiger partial charge on any atom is 0.335 e. The summed E-state index contributed by atoms with van der Waals surface area (Å²) in [5, 5.41) is 0. The highest BCUT2D eigenvalue weighted by Crippen LogP contribution is 2.29. The first-order chi connectivity index (χ1) is 11.4. The predicted octanol–water partition coefficient (Wildman–Crippen LogP) is 2.98. The number of hydrogen-bond acceptors (Lipinski definition) is 6. The molecule has 0 heterocycles. The third kappa shape index (κ3) is 8.26. The van der Waals surface area contributed by atoms with E-state index in [0.717, 1.165) is 25.7 Å². The summed E-state index contributed by atoms with van der Waals surface area (Å²) in [5.41, 5.74) is 0.737. The van der Waals surface area contributed by atoms with Crippen LogP contribution in [-0.2, 0) is 28.5 Å². The lowest BCUT2D eigenvalue weighted by Crippen LogP contribution is -2.23. The molecule has 0 radical (unpaired) electrons. The van der Waals surface area contributed by atoms with E-state index in [1.807, 2.05) is 0 Å². The Labute approximate surface area is 143 Å². The van der Waals surface area contributed by atoms with Crippen molar-refractivity contribution >= 4 is 11.9 Å². The van der Waals surface area contributed by atoms with Gasteiger partial charge in [-0.1, -0.05) is 13.2 Å². The van der Waals surface area contributed by atoms with Gasteiger partial charge in [-0.25, -0.2) is 9.59 Å². The molecule has 24 heavy (non-hydrogen) atoms. The van der Waals surface area contributed by atoms with E-state index in [9.17, 15) is 9.59 Å². The minimum Gasteiger partial charge on any atom is -0.435 e. The van der Waals surface area contributed by atoms with E-state index in [1.165, 1.54) is 0 Å². The van der Waals surface area contributed by atoms with Gasteiger partial charge in [-0.15, -0.1) is 0 Å². The topological polar surface area (TPSA) is 71.1 Å². The monoisotopic (exact) mass is 340 g/mol. The molecule has 0 unspecified atom stereocenters. The third-order valence-electron chi connectivity index (χ3n) is 3.92. The van der Waals surface area contributed by atoms with Crippen LogP contribution in [0.4, 0.5) is 0 Å². The zero-order chi connectivity index (χ0) is 17.9. The molecule has 1 rings (SSSR count). The van der Waals surface area contributed by atoms with Gasteiger partial charge in [0.05, 0.1) is 13.2 Å². The van der Waals surface area contributed by atoms with Crippen LogP contribution in [0.3, 0.4) is 0 Å². The van der Waals surface area contributed by atoms with Crippen molar-refractivity contribution < 1.29 is 28.5 Å². The van der Waals surface area contributed by atoms with Crippen LogP contribution in [0.15, 0.2) is 24.3 Å². The van der Waals surface area contributed by atoms with Crippen LogP contribution in [0.2, 0.25) is 0 Å². The van der Waals surface area contributed by atoms with Crippen LogP contribution in [0.1, 0.15) is 39.5 Å². The molecule has 0 aromatic rings. The van der Waals surface area contributed by atoms with Crippen LogP contribution in [0, 0.1) is 11.8 Å². The van der Waals surface area contributed by atoms with Gasteiger partial charge in [-0.3, -0.25) is 0 Å². The second-order valence-electron chi connectivity index (χ2n) is 6.29. The van der Waals surface area contributed by atoms with Gasteiger partial charge < -0.3 is 18.9 Å². The minimum atomic E-state index is -0.428. The number of esters is 2. The first-order valence-corrected chi connectivity index (χ1v) is 8.21. The molecule has 6 nitrogen and oxygen atoms in total. The molecule has 0 bridgehead atoms. The van der Waals surface area contributed by atoms with Crippen LogP contribution in [-0.4, -0.2) is 38.7 Å². The Kier molecular flexibility index (Phi) is 9.34. The number of ether oxygens (including phenoxy) is 4. The molecule has 0 saturated heterocycles. The zero-order valence-corrected chi connectivity index (χ0v) is 14.7. The molecule has 1 aliphatic rings. The Morgan fingerprint density at radius 1 is 0.792 bits per heavy atom. The SMILES string of the molecule is C=C(C)C(=O)OCOCC1CCC(COCOC(=O)C(=C)C)CC1. The van der Waals surface area contributed by atoms with Gasteiger partial charge >= 0.3 is 11.9 Å². The van der Waals surface area contributed by atoms with Gasteiger partial charge in [0.15, 0.2) is 13.6 Å². The fourth-order valence-electron chi connectivity index (χ4n) is 2.43. The first-order valence-electron chi connectivity index (χ1n) is 8.21. The highest BCUT2D eigenvalue weighted by Gasteiger charge is 2.21. The fourth-order valence-corrected chi connectivity index (χ4v) is 2.43. The summed E-state index contributed by atoms with van der Waals surface area (Å²) in [6.45, 7) is 11.3. The Bertz CT molecular complexity index is 406. The Morgan fingerprint density at radius 2 is 1.12 bits per heavy atom. The lowest BCUT2D eigenvalue weighted by molar-refractivity contribution is -0.154. The maximum absolute atomic E-state index is 11.2. The summed E-state index contributed by atoms with van der Waals surface area (Å²) < 4.78 is 20.6. The molecule has 6 heteroatoms. The molecule has 1 fully saturated rings. The van der Waals surface area contributed by atoms with Gasteiger partial charge in [0.1, 0.15) is 0 Å². The quantitative estimate of drug-likeness (QED) is 0.263. The second-order valence-corrected chi connectivity index (χ2v) is 6.29. The van der Waals surface area contributed by atoms with E-state index in [-0.39, 0.29) is 13.6 Å². The highest BCUT2D eigenvalue weighted by molar-refractivity contribution is 5.87. The van der Waals surface area contributed by atoms with E-state index in [2.05, 4.69) is 13.2 Å². The van der Waals surface area contributed by atoms with Crippen molar-refractivity contribution in [3.05, 3.63) is 24.3 Å². The summed E-state index contributed by atoms with van der Waals surface area (Å²) in [6, 6.07) is 0. The Hall–Kier alpha value is -1.66. The summed E-state index contributed by atoms with van der Waals surface area (Å²) in [5.74, 6) is 0.100. The lowest BCUT2D eigenvalue weighted by atomic mass is 9.83. The van der Waals surface area contributed by atoms with Crippen LogP contribution >= 0.6 is 0 Å². The molecule has 0 atom stereocenters. The molecule has 136 valence electrons. The van der Waals surface area contributed by atoms with Crippen LogP contribution in [0.5, 0.6) is 0 Å². The molecule has 1 aliphatic carbocycles. The summed E-state index contributed by atoms with van der Waals surface area (Å²) >= 11 is 0. The summed E-state index contributed by atoms with van der Waals surface area (Å²) in [6.07, 6.45) is 4.20. The van der Waals surface area contributed by atoms with Crippen molar-refractivity contribution in [2.45, 2.75) is 39.5 Å². The van der Waals surface area contributed by atoms with Crippen molar-refractivity contribution in [2.24, 2.45) is 11.8 Å². The molecule has 0 N–H and O–H groups in total. The number of carbonyl (C=O) groups is 2. The van der Waals surface area contributed by atoms with E-state index >= 15 is 0 Å². The standard InChI is InChI=1S/C18H28O6/c1-13(2)17(19)23-11-21-9-15-5-7-16(8-6-15)10-22-12-24-18(20)14(3)4/h15-16H,1,3,5-12H2,2,4H3. The summed E-state index contributed by atoms with van der Waals surface area (Å²) in [4.78, 5) is 22.4. The molecule has 0 aromatic carbocycles. The fraction of sp³-hybridized carbons (Fsp3) is 0.667. The molecular weight excluding hydrogens is 312 g/mol. The van der Waals surface area contributed by atoms with Gasteiger partial charge in [-0.2, -0.15) is 0 Å². The Morgan fingerprint density at radius 3 is 1.42 bits per heavy atom. The van der Waals surface area contributed by atoms with Gasteiger partial charge in [0.2, 0.25) is 0 Å². The lowest BCUT2D eigenvalue weighted by Gasteiger charge is -2.28. The molecular formula is C18H28O6. The van der Waals surface area contributed by atoms with Crippen LogP contribution in [0.25, 0.3) is 0 Å². The van der Waals surface area contributed by atoms with E-state index < -0.39 is 11.9 Å². The van der Waals surface area contributed by atoms with Crippen molar-refractivity contribution in [1.82, 2.24) is 0 Å². The minimum absolute atomic E-state index is 0.0250. The van der Waals surface area contributed by atoms with Crippen molar-refractivity contribution in [3.8, 4) is 0 Å².